The number of amides is 1. The molecule has 0 saturated carbocycles. The van der Waals surface area contributed by atoms with Crippen LogP contribution in [0.4, 0.5) is 5.69 Å². The van der Waals surface area contributed by atoms with Crippen LogP contribution >= 0.6 is 0 Å². The van der Waals surface area contributed by atoms with E-state index in [1.807, 2.05) is 30.3 Å². The number of hydrogen-bond acceptors (Lipinski definition) is 5. The Balaban J connectivity index is 1.67. The Morgan fingerprint density at radius 1 is 0.875 bits per heavy atom. The molecular weight excluding hydrogens is 408 g/mol. The summed E-state index contributed by atoms with van der Waals surface area (Å²) in [4.78, 5) is 37.6. The first kappa shape index (κ1) is 20.9. The molecule has 0 aliphatic rings. The number of ether oxygens (including phenoxy) is 2. The van der Waals surface area contributed by atoms with E-state index in [2.05, 4.69) is 10.1 Å². The monoisotopic (exact) mass is 428 g/mol. The van der Waals surface area contributed by atoms with E-state index in [-0.39, 0.29) is 5.69 Å². The number of carbonyl (C=O) groups is 3. The van der Waals surface area contributed by atoms with Crippen molar-refractivity contribution >= 4 is 28.9 Å². The number of rotatable bonds is 6. The van der Waals surface area contributed by atoms with Gasteiger partial charge in [0, 0.05) is 23.0 Å². The van der Waals surface area contributed by atoms with Crippen molar-refractivity contribution in [3.8, 4) is 16.9 Å². The van der Waals surface area contributed by atoms with E-state index >= 15 is 0 Å². The Kier molecular flexibility index (Phi) is 5.72. The number of hydrogen-bond donors (Lipinski definition) is 1. The summed E-state index contributed by atoms with van der Waals surface area (Å²) in [5.41, 5.74) is 3.21. The van der Waals surface area contributed by atoms with Crippen molar-refractivity contribution in [2.24, 2.45) is 0 Å². The van der Waals surface area contributed by atoms with Crippen LogP contribution in [0.15, 0.2) is 79.0 Å². The molecule has 0 spiro atoms. The number of carbonyl (C=O) groups excluding carboxylic acids is 3. The summed E-state index contributed by atoms with van der Waals surface area (Å²) in [5.74, 6) is -1.25. The molecule has 2 aromatic carbocycles. The van der Waals surface area contributed by atoms with Gasteiger partial charge in [-0.3, -0.25) is 9.59 Å². The molecule has 4 aromatic rings. The lowest BCUT2D eigenvalue weighted by Crippen LogP contribution is -2.24. The lowest BCUT2D eigenvalue weighted by molar-refractivity contribution is -0.112. The van der Waals surface area contributed by atoms with Gasteiger partial charge >= 0.3 is 5.97 Å². The van der Waals surface area contributed by atoms with E-state index < -0.39 is 17.7 Å². The predicted octanol–water partition coefficient (Wildman–Crippen LogP) is 4.22. The number of pyridine rings is 1. The molecule has 4 rings (SSSR count). The molecule has 7 nitrogen and oxygen atoms in total. The molecule has 1 N–H and O–H groups in total. The van der Waals surface area contributed by atoms with Crippen molar-refractivity contribution in [3.63, 3.8) is 0 Å². The molecule has 2 aromatic heterocycles. The Morgan fingerprint density at radius 3 is 2.25 bits per heavy atom. The van der Waals surface area contributed by atoms with Crippen molar-refractivity contribution in [2.75, 3.05) is 19.5 Å². The normalized spacial score (nSPS) is 10.6. The standard InChI is InChI=1S/C25H20N2O5/c1-31-20-12-8-16(9-13-20)21-15-19-5-3-4-14-27(19)22(21)23(28)24(29)26-18-10-6-17(7-11-18)25(30)32-2/h3-15H,1-2H3,(H,26,29). The Morgan fingerprint density at radius 2 is 1.59 bits per heavy atom. The summed E-state index contributed by atoms with van der Waals surface area (Å²) < 4.78 is 11.6. The molecule has 0 unspecified atom stereocenters. The lowest BCUT2D eigenvalue weighted by atomic mass is 10.0. The third-order valence-electron chi connectivity index (χ3n) is 5.07. The zero-order valence-corrected chi connectivity index (χ0v) is 17.5. The van der Waals surface area contributed by atoms with Gasteiger partial charge in [0.05, 0.1) is 19.8 Å². The van der Waals surface area contributed by atoms with Crippen LogP contribution < -0.4 is 10.1 Å². The summed E-state index contributed by atoms with van der Waals surface area (Å²) >= 11 is 0. The number of nitrogens with one attached hydrogen (secondary N) is 1. The van der Waals surface area contributed by atoms with Crippen LogP contribution in [0, 0.1) is 0 Å². The van der Waals surface area contributed by atoms with Crippen LogP contribution in [0.1, 0.15) is 20.8 Å². The van der Waals surface area contributed by atoms with Crippen LogP contribution in [0.3, 0.4) is 0 Å². The maximum absolute atomic E-state index is 13.2. The summed E-state index contributed by atoms with van der Waals surface area (Å²) in [6.45, 7) is 0. The maximum atomic E-state index is 13.2. The molecule has 0 radical (unpaired) electrons. The van der Waals surface area contributed by atoms with Gasteiger partial charge in [-0.15, -0.1) is 0 Å². The molecule has 0 bridgehead atoms. The van der Waals surface area contributed by atoms with E-state index in [1.165, 1.54) is 31.4 Å². The molecule has 0 aliphatic heterocycles. The van der Waals surface area contributed by atoms with Crippen molar-refractivity contribution in [2.45, 2.75) is 0 Å². The summed E-state index contributed by atoms with van der Waals surface area (Å²) in [7, 11) is 2.87. The van der Waals surface area contributed by atoms with Crippen LogP contribution in [0.5, 0.6) is 5.75 Å². The number of methoxy groups -OCH3 is 2. The van der Waals surface area contributed by atoms with E-state index in [1.54, 1.807) is 35.9 Å². The Labute approximate surface area is 184 Å². The highest BCUT2D eigenvalue weighted by molar-refractivity contribution is 6.47. The first-order chi connectivity index (χ1) is 15.5. The van der Waals surface area contributed by atoms with E-state index in [9.17, 15) is 14.4 Å². The van der Waals surface area contributed by atoms with Gasteiger partial charge < -0.3 is 19.2 Å². The number of Topliss-reactive ketones (excluding diaryl/α,β-unsaturated/α-hetero) is 1. The highest BCUT2D eigenvalue weighted by Gasteiger charge is 2.25. The fraction of sp³-hybridized carbons (Fsp3) is 0.0800. The summed E-state index contributed by atoms with van der Waals surface area (Å²) in [5, 5.41) is 2.60. The quantitative estimate of drug-likeness (QED) is 0.282. The van der Waals surface area contributed by atoms with E-state index in [0.717, 1.165) is 11.1 Å². The van der Waals surface area contributed by atoms with Crippen molar-refractivity contribution in [1.82, 2.24) is 4.40 Å². The number of ketones is 1. The number of fused-ring (bicyclic) bond motifs is 1. The molecular formula is C25H20N2O5. The largest absolute Gasteiger partial charge is 0.497 e. The van der Waals surface area contributed by atoms with Crippen molar-refractivity contribution < 1.29 is 23.9 Å². The van der Waals surface area contributed by atoms with Gasteiger partial charge in [-0.2, -0.15) is 0 Å². The van der Waals surface area contributed by atoms with Crippen LogP contribution in [0.2, 0.25) is 0 Å². The molecule has 32 heavy (non-hydrogen) atoms. The van der Waals surface area contributed by atoms with Crippen LogP contribution in [0.25, 0.3) is 16.6 Å². The smallest absolute Gasteiger partial charge is 0.337 e. The first-order valence-corrected chi connectivity index (χ1v) is 9.80. The molecule has 160 valence electrons. The number of esters is 1. The fourth-order valence-electron chi connectivity index (χ4n) is 3.45. The maximum Gasteiger partial charge on any atom is 0.337 e. The first-order valence-electron chi connectivity index (χ1n) is 9.80. The number of anilines is 1. The molecule has 0 atom stereocenters. The highest BCUT2D eigenvalue weighted by atomic mass is 16.5. The molecule has 2 heterocycles. The zero-order chi connectivity index (χ0) is 22.7. The third kappa shape index (κ3) is 3.96. The Hall–Kier alpha value is -4.39. The Bertz CT molecular complexity index is 1300. The SMILES string of the molecule is COC(=O)c1ccc(NC(=O)C(=O)c2c(-c3ccc(OC)cc3)cc3ccccn23)cc1. The van der Waals surface area contributed by atoms with Crippen LogP contribution in [-0.2, 0) is 9.53 Å². The van der Waals surface area contributed by atoms with E-state index in [4.69, 9.17) is 4.74 Å². The van der Waals surface area contributed by atoms with Gasteiger partial charge in [0.15, 0.2) is 0 Å². The fourth-order valence-corrected chi connectivity index (χ4v) is 3.45. The average Bonchev–Trinajstić information content (AvgIpc) is 3.23. The minimum absolute atomic E-state index is 0.259. The molecule has 0 aliphatic carbocycles. The van der Waals surface area contributed by atoms with Crippen LogP contribution in [-0.4, -0.2) is 36.3 Å². The number of nitrogens with zero attached hydrogens (tertiary/aromatic N) is 1. The topological polar surface area (TPSA) is 86.1 Å². The highest BCUT2D eigenvalue weighted by Crippen LogP contribution is 2.30. The third-order valence-corrected chi connectivity index (χ3v) is 5.07. The van der Waals surface area contributed by atoms with Gasteiger partial charge in [-0.1, -0.05) is 18.2 Å². The predicted molar refractivity (Wildman–Crippen MR) is 120 cm³/mol. The lowest BCUT2D eigenvalue weighted by Gasteiger charge is -2.09. The zero-order valence-electron chi connectivity index (χ0n) is 17.5. The van der Waals surface area contributed by atoms with Gasteiger partial charge in [0.25, 0.3) is 11.7 Å². The molecule has 0 saturated heterocycles. The van der Waals surface area contributed by atoms with Gasteiger partial charge in [0.1, 0.15) is 11.4 Å². The van der Waals surface area contributed by atoms with Gasteiger partial charge in [-0.05, 0) is 60.2 Å². The number of benzene rings is 2. The van der Waals surface area contributed by atoms with E-state index in [0.29, 0.717) is 22.6 Å². The minimum Gasteiger partial charge on any atom is -0.497 e. The molecule has 1 amide bonds. The molecule has 7 heteroatoms. The number of aromatic nitrogens is 1. The van der Waals surface area contributed by atoms with Gasteiger partial charge in [-0.25, -0.2) is 4.79 Å². The second-order valence-electron chi connectivity index (χ2n) is 6.98. The average molecular weight is 428 g/mol. The van der Waals surface area contributed by atoms with Crippen molar-refractivity contribution in [1.29, 1.82) is 0 Å². The molecule has 0 fully saturated rings. The minimum atomic E-state index is -0.783. The van der Waals surface area contributed by atoms with Crippen molar-refractivity contribution in [3.05, 3.63) is 90.3 Å². The summed E-state index contributed by atoms with van der Waals surface area (Å²) in [6.07, 6.45) is 1.74. The van der Waals surface area contributed by atoms with Gasteiger partial charge in [0.2, 0.25) is 0 Å². The second kappa shape index (κ2) is 8.77. The summed E-state index contributed by atoms with van der Waals surface area (Å²) in [6, 6.07) is 20.8. The second-order valence-corrected chi connectivity index (χ2v) is 6.98.